The Kier molecular flexibility index (Phi) is 9.76. The summed E-state index contributed by atoms with van der Waals surface area (Å²) < 4.78 is 54.1. The lowest BCUT2D eigenvalue weighted by Crippen LogP contribution is -2.51. The van der Waals surface area contributed by atoms with Gasteiger partial charge in [-0.2, -0.15) is 0 Å². The van der Waals surface area contributed by atoms with Gasteiger partial charge in [-0.05, 0) is 111 Å². The van der Waals surface area contributed by atoms with Crippen LogP contribution in [0, 0.1) is 23.7 Å². The van der Waals surface area contributed by atoms with Crippen molar-refractivity contribution >= 4 is 33.2 Å². The van der Waals surface area contributed by atoms with Crippen molar-refractivity contribution < 1.29 is 32.2 Å². The van der Waals surface area contributed by atoms with Crippen molar-refractivity contribution in [3.05, 3.63) is 58.1 Å². The predicted molar refractivity (Wildman–Crippen MR) is 185 cm³/mol. The van der Waals surface area contributed by atoms with Crippen LogP contribution in [0.4, 0.5) is 5.69 Å². The topological polar surface area (TPSA) is 103 Å². The number of rotatable bonds is 2. The van der Waals surface area contributed by atoms with E-state index >= 15 is 0 Å². The molecule has 2 aliphatic carbocycles. The van der Waals surface area contributed by atoms with Gasteiger partial charge in [0.1, 0.15) is 11.9 Å². The third-order valence-electron chi connectivity index (χ3n) is 12.1. The summed E-state index contributed by atoms with van der Waals surface area (Å²) in [5.74, 6) is 0.962. The summed E-state index contributed by atoms with van der Waals surface area (Å²) >= 11 is 6.46. The number of methoxy groups -OCH3 is 1. The third-order valence-corrected chi connectivity index (χ3v) is 14.2. The molecule has 11 heteroatoms. The lowest BCUT2D eigenvalue weighted by Gasteiger charge is -2.48. The van der Waals surface area contributed by atoms with Crippen molar-refractivity contribution in [2.75, 3.05) is 44.9 Å². The van der Waals surface area contributed by atoms with Crippen LogP contribution in [0.2, 0.25) is 5.02 Å². The fraction of sp³-hybridized carbons (Fsp3) is 0.649. The Hall–Kier alpha value is -2.37. The number of anilines is 1. The van der Waals surface area contributed by atoms with E-state index < -0.39 is 21.2 Å². The summed E-state index contributed by atoms with van der Waals surface area (Å²) in [5.41, 5.74) is 3.45. The minimum Gasteiger partial charge on any atom is -0.490 e. The van der Waals surface area contributed by atoms with E-state index in [9.17, 15) is 13.2 Å². The number of ether oxygens (including phenoxy) is 4. The number of carbonyl (C=O) groups is 1. The molecule has 48 heavy (non-hydrogen) atoms. The van der Waals surface area contributed by atoms with E-state index in [1.807, 2.05) is 25.1 Å². The summed E-state index contributed by atoms with van der Waals surface area (Å²) in [5, 5.41) is 0.0181. The minimum atomic E-state index is -3.91. The molecule has 1 amide bonds. The molecule has 1 saturated heterocycles. The molecule has 2 bridgehead atoms. The summed E-state index contributed by atoms with van der Waals surface area (Å²) in [4.78, 5) is 16.0. The monoisotopic (exact) mass is 700 g/mol. The maximum absolute atomic E-state index is 13.5. The summed E-state index contributed by atoms with van der Waals surface area (Å²) in [6.07, 6.45) is 7.28. The van der Waals surface area contributed by atoms with Gasteiger partial charge in [0.2, 0.25) is 10.0 Å². The first-order valence-electron chi connectivity index (χ1n) is 17.7. The largest absolute Gasteiger partial charge is 0.490 e. The summed E-state index contributed by atoms with van der Waals surface area (Å²) in [6.45, 7) is 6.71. The number of fused-ring (bicyclic) bond motifs is 4. The van der Waals surface area contributed by atoms with E-state index in [0.29, 0.717) is 43.0 Å². The molecule has 2 aromatic rings. The Morgan fingerprint density at radius 1 is 1.00 bits per heavy atom. The maximum Gasteiger partial charge on any atom is 0.264 e. The second kappa shape index (κ2) is 13.7. The van der Waals surface area contributed by atoms with E-state index in [1.54, 1.807) is 20.1 Å². The van der Waals surface area contributed by atoms with E-state index in [2.05, 4.69) is 21.8 Å². The maximum atomic E-state index is 13.5. The quantitative estimate of drug-likeness (QED) is 0.401. The van der Waals surface area contributed by atoms with Crippen molar-refractivity contribution in [3.8, 4) is 5.75 Å². The Bertz CT molecular complexity index is 1610. The molecular formula is C37H49ClN2O7S. The van der Waals surface area contributed by atoms with Crippen molar-refractivity contribution in [1.82, 2.24) is 4.72 Å². The van der Waals surface area contributed by atoms with Gasteiger partial charge >= 0.3 is 0 Å². The Labute approximate surface area is 290 Å². The highest BCUT2D eigenvalue weighted by atomic mass is 35.5. The second-order valence-electron chi connectivity index (χ2n) is 14.9. The zero-order chi connectivity index (χ0) is 33.6. The van der Waals surface area contributed by atoms with E-state index in [4.69, 9.17) is 30.5 Å². The highest BCUT2D eigenvalue weighted by Gasteiger charge is 2.46. The average molecular weight is 701 g/mol. The lowest BCUT2D eigenvalue weighted by molar-refractivity contribution is -0.255. The van der Waals surface area contributed by atoms with Gasteiger partial charge in [-0.25, -0.2) is 13.1 Å². The standard InChI is InChI=1S/C37H49ClN2O7S/c1-23-6-4-8-31(36-45-19-29(44-3)20-46-36)30-12-9-27(30)18-40-21-37(15-5-7-25-16-28(38)11-13-32(25)37)22-47-34-14-10-26(17-33(34)40)35(41)39-48(42,43)24(23)2/h10-11,13-14,16-17,23-24,27,29-31,36H,4-9,12,15,18-22H2,1-3H3,(H,39,41)/t23-,24+,27-,29-,30+,31+,36+,37-/m0/s1. The number of hydrogen-bond donors (Lipinski definition) is 1. The number of halogens is 1. The van der Waals surface area contributed by atoms with Crippen LogP contribution in [0.3, 0.4) is 0 Å². The first-order valence-corrected chi connectivity index (χ1v) is 19.6. The Morgan fingerprint density at radius 2 is 1.81 bits per heavy atom. The molecule has 262 valence electrons. The molecule has 0 unspecified atom stereocenters. The van der Waals surface area contributed by atoms with Crippen LogP contribution >= 0.6 is 11.6 Å². The zero-order valence-corrected chi connectivity index (χ0v) is 29.9. The van der Waals surface area contributed by atoms with Crippen LogP contribution in [0.25, 0.3) is 0 Å². The number of carbonyl (C=O) groups excluding carboxylic acids is 1. The number of nitrogens with zero attached hydrogens (tertiary/aromatic N) is 1. The predicted octanol–water partition coefficient (Wildman–Crippen LogP) is 6.11. The van der Waals surface area contributed by atoms with Gasteiger partial charge in [-0.3, -0.25) is 4.79 Å². The number of sulfonamides is 1. The Morgan fingerprint density at radius 3 is 2.56 bits per heavy atom. The number of benzene rings is 2. The number of nitrogens with one attached hydrogen (secondary N) is 1. The molecule has 7 rings (SSSR count). The van der Waals surface area contributed by atoms with Crippen molar-refractivity contribution in [1.29, 1.82) is 0 Å². The highest BCUT2D eigenvalue weighted by molar-refractivity contribution is 7.90. The van der Waals surface area contributed by atoms with Gasteiger partial charge in [0, 0.05) is 42.1 Å². The molecule has 9 nitrogen and oxygen atoms in total. The normalized spacial score (nSPS) is 35.3. The van der Waals surface area contributed by atoms with Crippen molar-refractivity contribution in [2.24, 2.45) is 23.7 Å². The van der Waals surface area contributed by atoms with E-state index in [0.717, 1.165) is 75.2 Å². The van der Waals surface area contributed by atoms with Crippen LogP contribution in [-0.4, -0.2) is 72.0 Å². The fourth-order valence-electron chi connectivity index (χ4n) is 8.86. The minimum absolute atomic E-state index is 0.0711. The van der Waals surface area contributed by atoms with Gasteiger partial charge < -0.3 is 23.8 Å². The smallest absolute Gasteiger partial charge is 0.264 e. The molecule has 2 aromatic carbocycles. The van der Waals surface area contributed by atoms with Crippen LogP contribution < -0.4 is 14.4 Å². The Balaban J connectivity index is 1.27. The molecule has 0 aromatic heterocycles. The van der Waals surface area contributed by atoms with Gasteiger partial charge in [0.15, 0.2) is 6.29 Å². The molecule has 1 spiro atoms. The number of hydrogen-bond acceptors (Lipinski definition) is 8. The second-order valence-corrected chi connectivity index (χ2v) is 17.4. The molecule has 6 atom stereocenters. The molecule has 3 heterocycles. The van der Waals surface area contributed by atoms with Gasteiger partial charge in [-0.1, -0.05) is 31.0 Å². The first kappa shape index (κ1) is 34.1. The lowest BCUT2D eigenvalue weighted by atomic mass is 9.64. The zero-order valence-electron chi connectivity index (χ0n) is 28.3. The van der Waals surface area contributed by atoms with Gasteiger partial charge in [-0.15, -0.1) is 0 Å². The highest BCUT2D eigenvalue weighted by Crippen LogP contribution is 2.49. The third kappa shape index (κ3) is 6.60. The molecule has 3 aliphatic heterocycles. The molecule has 5 aliphatic rings. The van der Waals surface area contributed by atoms with Crippen LogP contribution in [0.5, 0.6) is 5.75 Å². The summed E-state index contributed by atoms with van der Waals surface area (Å²) in [7, 11) is -2.22. The number of aryl methyl sites for hydroxylation is 1. The molecular weight excluding hydrogens is 652 g/mol. The molecule has 1 N–H and O–H groups in total. The van der Waals surface area contributed by atoms with E-state index in [1.165, 1.54) is 11.1 Å². The molecule has 1 saturated carbocycles. The van der Waals surface area contributed by atoms with Crippen LogP contribution in [-0.2, 0) is 36.1 Å². The SMILES string of the molecule is CO[C@H]1CO[C@@H]([C@@H]2CCC[C@H](C)[C@@H](C)S(=O)(=O)NC(=O)c3ccc4c(c3)N(C[C@@H]3CC[C@H]32)C[C@@]2(CCCc3cc(Cl)ccc32)CO4)OC1. The fourth-order valence-corrected chi connectivity index (χ4v) is 10.4. The molecule has 2 fully saturated rings. The van der Waals surface area contributed by atoms with Gasteiger partial charge in [0.25, 0.3) is 5.91 Å². The van der Waals surface area contributed by atoms with Crippen LogP contribution in [0.1, 0.15) is 80.3 Å². The molecule has 0 radical (unpaired) electrons. The van der Waals surface area contributed by atoms with Crippen molar-refractivity contribution in [3.63, 3.8) is 0 Å². The average Bonchev–Trinajstić information content (AvgIpc) is 3.21. The van der Waals surface area contributed by atoms with Crippen molar-refractivity contribution in [2.45, 2.75) is 88.3 Å². The van der Waals surface area contributed by atoms with E-state index in [-0.39, 0.29) is 29.6 Å². The first-order chi connectivity index (χ1) is 23.1. The number of amides is 1. The summed E-state index contributed by atoms with van der Waals surface area (Å²) in [6, 6.07) is 11.6. The van der Waals surface area contributed by atoms with Gasteiger partial charge in [0.05, 0.1) is 30.8 Å². The van der Waals surface area contributed by atoms with Crippen LogP contribution in [0.15, 0.2) is 36.4 Å².